The molecule has 0 aliphatic heterocycles. The fraction of sp³-hybridized carbons (Fsp3) is 0.300. The molecule has 3 nitrogen and oxygen atoms in total. The lowest BCUT2D eigenvalue weighted by Gasteiger charge is -2.10. The van der Waals surface area contributed by atoms with Crippen molar-refractivity contribution in [3.63, 3.8) is 0 Å². The molecule has 0 amide bonds. The maximum absolute atomic E-state index is 12.4. The smallest absolute Gasteiger partial charge is 0.398 e. The van der Waals surface area contributed by atoms with Crippen molar-refractivity contribution in [3.8, 4) is 0 Å². The van der Waals surface area contributed by atoms with E-state index in [1.807, 2.05) is 0 Å². The lowest BCUT2D eigenvalue weighted by Crippen LogP contribution is -2.12. The molecule has 0 radical (unpaired) electrons. The Kier molecular flexibility index (Phi) is 3.54. The number of carbonyl (C=O) groups excluding carboxylic acids is 1. The average molecular weight is 232 g/mol. The van der Waals surface area contributed by atoms with Crippen LogP contribution in [-0.2, 0) is 6.18 Å². The minimum atomic E-state index is -4.48. The van der Waals surface area contributed by atoms with E-state index in [0.29, 0.717) is 0 Å². The van der Waals surface area contributed by atoms with E-state index >= 15 is 0 Å². The van der Waals surface area contributed by atoms with E-state index in [1.165, 1.54) is 0 Å². The van der Waals surface area contributed by atoms with Crippen molar-refractivity contribution in [2.75, 3.05) is 12.3 Å². The van der Waals surface area contributed by atoms with Crippen LogP contribution in [0.4, 0.5) is 18.9 Å². The summed E-state index contributed by atoms with van der Waals surface area (Å²) in [5.41, 5.74) is 9.61. The molecule has 88 valence electrons. The molecule has 6 heteroatoms. The number of ketones is 1. The second-order valence-electron chi connectivity index (χ2n) is 3.26. The van der Waals surface area contributed by atoms with Gasteiger partial charge in [-0.2, -0.15) is 13.2 Å². The number of hydrogen-bond acceptors (Lipinski definition) is 3. The normalized spacial score (nSPS) is 11.5. The Labute approximate surface area is 90.2 Å². The number of alkyl halides is 3. The zero-order chi connectivity index (χ0) is 12.3. The number of anilines is 1. The van der Waals surface area contributed by atoms with E-state index < -0.39 is 17.5 Å². The van der Waals surface area contributed by atoms with E-state index in [9.17, 15) is 18.0 Å². The fourth-order valence-corrected chi connectivity index (χ4v) is 1.24. The minimum absolute atomic E-state index is 0.0223. The number of rotatable bonds is 3. The average Bonchev–Trinajstić information content (AvgIpc) is 2.16. The van der Waals surface area contributed by atoms with Gasteiger partial charge in [0.1, 0.15) is 0 Å². The second kappa shape index (κ2) is 4.52. The van der Waals surface area contributed by atoms with Crippen LogP contribution in [0.2, 0.25) is 0 Å². The molecule has 0 fully saturated rings. The molecule has 0 bridgehead atoms. The maximum atomic E-state index is 12.4. The first-order valence-electron chi connectivity index (χ1n) is 4.56. The predicted molar refractivity (Wildman–Crippen MR) is 53.9 cm³/mol. The number of halogens is 3. The summed E-state index contributed by atoms with van der Waals surface area (Å²) in [4.78, 5) is 11.4. The molecule has 0 aromatic heterocycles. The van der Waals surface area contributed by atoms with E-state index in [1.54, 1.807) is 0 Å². The minimum Gasteiger partial charge on any atom is -0.398 e. The van der Waals surface area contributed by atoms with Crippen LogP contribution in [0.15, 0.2) is 18.2 Å². The van der Waals surface area contributed by atoms with Crippen LogP contribution in [0, 0.1) is 0 Å². The molecule has 0 heterocycles. The monoisotopic (exact) mass is 232 g/mol. The zero-order valence-electron chi connectivity index (χ0n) is 8.34. The Morgan fingerprint density at radius 3 is 2.44 bits per heavy atom. The Morgan fingerprint density at radius 1 is 1.31 bits per heavy atom. The summed E-state index contributed by atoms with van der Waals surface area (Å²) < 4.78 is 37.1. The molecule has 0 saturated heterocycles. The molecule has 0 aliphatic carbocycles. The molecule has 0 saturated carbocycles. The second-order valence-corrected chi connectivity index (χ2v) is 3.26. The Hall–Kier alpha value is -1.56. The Morgan fingerprint density at radius 2 is 1.94 bits per heavy atom. The lowest BCUT2D eigenvalue weighted by molar-refractivity contribution is -0.137. The standard InChI is InChI=1S/C10H11F3N2O/c11-10(12,13)6-1-2-8(15)7(5-6)9(16)3-4-14/h1-2,5H,3-4,14-15H2. The quantitative estimate of drug-likeness (QED) is 0.617. The molecule has 1 aromatic carbocycles. The summed E-state index contributed by atoms with van der Waals surface area (Å²) in [5, 5.41) is 0. The summed E-state index contributed by atoms with van der Waals surface area (Å²) in [6.45, 7) is 0.0779. The third kappa shape index (κ3) is 2.73. The molecule has 4 N–H and O–H groups in total. The van der Waals surface area contributed by atoms with Gasteiger partial charge in [-0.1, -0.05) is 0 Å². The van der Waals surface area contributed by atoms with Gasteiger partial charge in [-0.25, -0.2) is 0 Å². The summed E-state index contributed by atoms with van der Waals surface area (Å²) >= 11 is 0. The van der Waals surface area contributed by atoms with Gasteiger partial charge in [-0.3, -0.25) is 4.79 Å². The summed E-state index contributed by atoms with van der Waals surface area (Å²) in [6, 6.07) is 2.68. The van der Waals surface area contributed by atoms with Crippen molar-refractivity contribution in [2.24, 2.45) is 5.73 Å². The highest BCUT2D eigenvalue weighted by atomic mass is 19.4. The van der Waals surface area contributed by atoms with E-state index in [-0.39, 0.29) is 24.2 Å². The van der Waals surface area contributed by atoms with Crippen LogP contribution in [0.3, 0.4) is 0 Å². The molecule has 0 aliphatic rings. The van der Waals surface area contributed by atoms with Crippen molar-refractivity contribution in [1.29, 1.82) is 0 Å². The summed E-state index contributed by atoms with van der Waals surface area (Å²) in [5.74, 6) is -0.480. The highest BCUT2D eigenvalue weighted by molar-refractivity contribution is 6.01. The van der Waals surface area contributed by atoms with Gasteiger partial charge in [0, 0.05) is 17.7 Å². The van der Waals surface area contributed by atoms with Crippen LogP contribution >= 0.6 is 0 Å². The highest BCUT2D eigenvalue weighted by Crippen LogP contribution is 2.31. The van der Waals surface area contributed by atoms with Crippen molar-refractivity contribution >= 4 is 11.5 Å². The largest absolute Gasteiger partial charge is 0.416 e. The van der Waals surface area contributed by atoms with Crippen LogP contribution in [0.1, 0.15) is 22.3 Å². The van der Waals surface area contributed by atoms with E-state index in [0.717, 1.165) is 18.2 Å². The third-order valence-corrected chi connectivity index (χ3v) is 2.05. The van der Waals surface area contributed by atoms with Gasteiger partial charge in [0.25, 0.3) is 0 Å². The number of benzene rings is 1. The topological polar surface area (TPSA) is 69.1 Å². The first-order chi connectivity index (χ1) is 7.36. The predicted octanol–water partition coefficient (Wildman–Crippen LogP) is 1.82. The Balaban J connectivity index is 3.14. The molecule has 0 atom stereocenters. The van der Waals surface area contributed by atoms with Gasteiger partial charge in [-0.05, 0) is 24.7 Å². The van der Waals surface area contributed by atoms with Gasteiger partial charge in [0.2, 0.25) is 0 Å². The van der Waals surface area contributed by atoms with Crippen molar-refractivity contribution in [3.05, 3.63) is 29.3 Å². The maximum Gasteiger partial charge on any atom is 0.416 e. The molecule has 1 rings (SSSR count). The number of carbonyl (C=O) groups is 1. The first kappa shape index (κ1) is 12.5. The number of nitrogens with two attached hydrogens (primary N) is 2. The SMILES string of the molecule is NCCC(=O)c1cc(C(F)(F)F)ccc1N. The third-order valence-electron chi connectivity index (χ3n) is 2.05. The molecule has 0 unspecified atom stereocenters. The number of hydrogen-bond donors (Lipinski definition) is 2. The van der Waals surface area contributed by atoms with Gasteiger partial charge < -0.3 is 11.5 Å². The van der Waals surface area contributed by atoms with E-state index in [4.69, 9.17) is 11.5 Å². The summed E-state index contributed by atoms with van der Waals surface area (Å²) in [7, 11) is 0. The lowest BCUT2D eigenvalue weighted by atomic mass is 10.0. The molecule has 1 aromatic rings. The van der Waals surface area contributed by atoms with Gasteiger partial charge in [0.05, 0.1) is 5.56 Å². The van der Waals surface area contributed by atoms with Crippen LogP contribution in [-0.4, -0.2) is 12.3 Å². The number of Topliss-reactive ketones (excluding diaryl/α,β-unsaturated/α-hetero) is 1. The molecule has 16 heavy (non-hydrogen) atoms. The van der Waals surface area contributed by atoms with Crippen LogP contribution in [0.25, 0.3) is 0 Å². The molecular formula is C10H11F3N2O. The van der Waals surface area contributed by atoms with Crippen molar-refractivity contribution < 1.29 is 18.0 Å². The summed E-state index contributed by atoms with van der Waals surface area (Å²) in [6.07, 6.45) is -4.50. The molecular weight excluding hydrogens is 221 g/mol. The first-order valence-corrected chi connectivity index (χ1v) is 4.56. The van der Waals surface area contributed by atoms with Gasteiger partial charge in [-0.15, -0.1) is 0 Å². The van der Waals surface area contributed by atoms with E-state index in [2.05, 4.69) is 0 Å². The van der Waals surface area contributed by atoms with Crippen LogP contribution < -0.4 is 11.5 Å². The Bertz CT molecular complexity index is 402. The van der Waals surface area contributed by atoms with Crippen molar-refractivity contribution in [1.82, 2.24) is 0 Å². The van der Waals surface area contributed by atoms with Gasteiger partial charge in [0.15, 0.2) is 5.78 Å². The number of nitrogen functional groups attached to an aromatic ring is 1. The highest BCUT2D eigenvalue weighted by Gasteiger charge is 2.31. The van der Waals surface area contributed by atoms with Crippen LogP contribution in [0.5, 0.6) is 0 Å². The zero-order valence-corrected chi connectivity index (χ0v) is 8.34. The van der Waals surface area contributed by atoms with Crippen molar-refractivity contribution in [2.45, 2.75) is 12.6 Å². The fourth-order valence-electron chi connectivity index (χ4n) is 1.24. The van der Waals surface area contributed by atoms with Gasteiger partial charge >= 0.3 is 6.18 Å². The molecule has 0 spiro atoms.